The van der Waals surface area contributed by atoms with Gasteiger partial charge >= 0.3 is 5.97 Å². The monoisotopic (exact) mass is 291 g/mol. The first-order chi connectivity index (χ1) is 9.78. The Morgan fingerprint density at radius 3 is 2.71 bits per heavy atom. The second-order valence-corrected chi connectivity index (χ2v) is 7.57. The minimum atomic E-state index is -0.611. The normalized spacial score (nSPS) is 30.7. The van der Waals surface area contributed by atoms with E-state index in [-0.39, 0.29) is 10.8 Å². The molecule has 0 amide bonds. The number of hydrogen-bond donors (Lipinski definition) is 2. The van der Waals surface area contributed by atoms with Gasteiger partial charge in [-0.05, 0) is 25.7 Å². The summed E-state index contributed by atoms with van der Waals surface area (Å²) in [6.45, 7) is 10.3. The highest BCUT2D eigenvalue weighted by molar-refractivity contribution is 5.81. The molecule has 2 aliphatic rings. The summed E-state index contributed by atoms with van der Waals surface area (Å²) in [7, 11) is 0. The number of carbonyl (C=O) groups is 1. The number of hydrogen-bond acceptors (Lipinski definition) is 3. The fourth-order valence-electron chi connectivity index (χ4n) is 3.64. The maximum atomic E-state index is 11.2. The van der Waals surface area contributed by atoms with Crippen LogP contribution in [0.15, 0.2) is 6.20 Å². The van der Waals surface area contributed by atoms with Gasteiger partial charge in [0.25, 0.3) is 0 Å². The van der Waals surface area contributed by atoms with Crippen LogP contribution in [0.4, 0.5) is 0 Å². The van der Waals surface area contributed by atoms with E-state index in [9.17, 15) is 9.90 Å². The molecule has 1 heterocycles. The van der Waals surface area contributed by atoms with Gasteiger partial charge in [0.2, 0.25) is 0 Å². The van der Waals surface area contributed by atoms with Crippen molar-refractivity contribution < 1.29 is 9.90 Å². The number of carboxylic acids is 1. The number of aliphatic carboxylic acids is 1. The average molecular weight is 291 g/mol. The molecule has 0 spiro atoms. The molecule has 116 valence electrons. The number of aryl methyl sites for hydroxylation is 1. The Kier molecular flexibility index (Phi) is 3.17. The minimum Gasteiger partial charge on any atom is -0.481 e. The lowest BCUT2D eigenvalue weighted by Gasteiger charge is -2.32. The molecule has 0 aromatic carbocycles. The van der Waals surface area contributed by atoms with E-state index in [1.54, 1.807) is 0 Å². The highest BCUT2D eigenvalue weighted by atomic mass is 16.4. The van der Waals surface area contributed by atoms with Gasteiger partial charge in [-0.3, -0.25) is 9.48 Å². The molecule has 5 nitrogen and oxygen atoms in total. The van der Waals surface area contributed by atoms with E-state index in [4.69, 9.17) is 0 Å². The molecule has 0 radical (unpaired) electrons. The van der Waals surface area contributed by atoms with Crippen LogP contribution in [0.5, 0.6) is 0 Å². The predicted octanol–water partition coefficient (Wildman–Crippen LogP) is 2.15. The third kappa shape index (κ3) is 2.27. The Bertz CT molecular complexity index is 573. The molecule has 1 aromatic rings. The lowest BCUT2D eigenvalue weighted by molar-refractivity contribution is -0.147. The summed E-state index contributed by atoms with van der Waals surface area (Å²) in [6.07, 6.45) is 3.74. The third-order valence-corrected chi connectivity index (χ3v) is 5.06. The Balaban J connectivity index is 1.64. The average Bonchev–Trinajstić information content (AvgIpc) is 2.80. The Labute approximate surface area is 125 Å². The molecule has 3 atom stereocenters. The lowest BCUT2D eigenvalue weighted by atomic mass is 9.80. The summed E-state index contributed by atoms with van der Waals surface area (Å²) in [4.78, 5) is 11.2. The van der Waals surface area contributed by atoms with E-state index >= 15 is 0 Å². The SMILES string of the molecule is CCn1cc(CN[C@@H]2C[C@]3(C(=O)O)C[C@H]23)c(C(C)(C)C)n1. The molecule has 0 unspecified atom stereocenters. The Morgan fingerprint density at radius 2 is 2.24 bits per heavy atom. The molecule has 0 saturated heterocycles. The van der Waals surface area contributed by atoms with Crippen molar-refractivity contribution in [2.24, 2.45) is 11.3 Å². The highest BCUT2D eigenvalue weighted by Crippen LogP contribution is 2.67. The molecular weight excluding hydrogens is 266 g/mol. The van der Waals surface area contributed by atoms with E-state index in [2.05, 4.69) is 44.3 Å². The zero-order chi connectivity index (χ0) is 15.4. The molecule has 21 heavy (non-hydrogen) atoms. The van der Waals surface area contributed by atoms with Crippen LogP contribution in [-0.4, -0.2) is 26.9 Å². The summed E-state index contributed by atoms with van der Waals surface area (Å²) >= 11 is 0. The molecule has 3 rings (SSSR count). The summed E-state index contributed by atoms with van der Waals surface area (Å²) < 4.78 is 1.98. The molecule has 2 saturated carbocycles. The van der Waals surface area contributed by atoms with Gasteiger partial charge in [0, 0.05) is 36.3 Å². The van der Waals surface area contributed by atoms with Crippen LogP contribution in [0.2, 0.25) is 0 Å². The standard InChI is InChI=1S/C16H25N3O2/c1-5-19-9-10(13(18-19)15(2,3)4)8-17-12-7-16(14(20)21)6-11(12)16/h9,11-12,17H,5-8H2,1-4H3,(H,20,21)/t11-,12-,16-/m1/s1. The summed E-state index contributed by atoms with van der Waals surface area (Å²) in [6, 6.07) is 0.360. The molecule has 2 fully saturated rings. The lowest BCUT2D eigenvalue weighted by Crippen LogP contribution is -2.45. The predicted molar refractivity (Wildman–Crippen MR) is 80.0 cm³/mol. The second kappa shape index (κ2) is 4.57. The maximum Gasteiger partial charge on any atom is 0.310 e. The van der Waals surface area contributed by atoms with Crippen LogP contribution in [-0.2, 0) is 23.3 Å². The summed E-state index contributed by atoms with van der Waals surface area (Å²) in [5.74, 6) is -0.269. The van der Waals surface area contributed by atoms with Crippen LogP contribution in [0, 0.1) is 11.3 Å². The number of aromatic nitrogens is 2. The molecular formula is C16H25N3O2. The van der Waals surface area contributed by atoms with Crippen molar-refractivity contribution in [1.82, 2.24) is 15.1 Å². The van der Waals surface area contributed by atoms with E-state index in [0.29, 0.717) is 12.0 Å². The van der Waals surface area contributed by atoms with Crippen molar-refractivity contribution in [3.05, 3.63) is 17.5 Å². The zero-order valence-corrected chi connectivity index (χ0v) is 13.3. The molecule has 0 bridgehead atoms. The topological polar surface area (TPSA) is 67.2 Å². The zero-order valence-electron chi connectivity index (χ0n) is 13.3. The molecule has 0 aliphatic heterocycles. The minimum absolute atomic E-state index is 0.0292. The summed E-state index contributed by atoms with van der Waals surface area (Å²) in [5, 5.41) is 17.4. The van der Waals surface area contributed by atoms with Gasteiger partial charge in [0.05, 0.1) is 11.1 Å². The van der Waals surface area contributed by atoms with Crippen molar-refractivity contribution in [2.75, 3.05) is 0 Å². The van der Waals surface area contributed by atoms with Crippen molar-refractivity contribution in [3.8, 4) is 0 Å². The fourth-order valence-corrected chi connectivity index (χ4v) is 3.64. The van der Waals surface area contributed by atoms with Crippen LogP contribution < -0.4 is 5.32 Å². The smallest absolute Gasteiger partial charge is 0.310 e. The van der Waals surface area contributed by atoms with E-state index < -0.39 is 5.97 Å². The van der Waals surface area contributed by atoms with Gasteiger partial charge in [-0.1, -0.05) is 20.8 Å². The number of rotatable bonds is 5. The number of nitrogens with one attached hydrogen (secondary N) is 1. The van der Waals surface area contributed by atoms with E-state index in [0.717, 1.165) is 31.6 Å². The molecule has 5 heteroatoms. The van der Waals surface area contributed by atoms with Crippen molar-refractivity contribution >= 4 is 5.97 Å². The second-order valence-electron chi connectivity index (χ2n) is 7.57. The Hall–Kier alpha value is -1.36. The first-order valence-corrected chi connectivity index (χ1v) is 7.81. The van der Waals surface area contributed by atoms with Crippen molar-refractivity contribution in [1.29, 1.82) is 0 Å². The number of nitrogens with zero attached hydrogens (tertiary/aromatic N) is 2. The summed E-state index contributed by atoms with van der Waals surface area (Å²) in [5.41, 5.74) is 2.02. The van der Waals surface area contributed by atoms with Crippen LogP contribution in [0.3, 0.4) is 0 Å². The molecule has 2 N–H and O–H groups in total. The Morgan fingerprint density at radius 1 is 1.52 bits per heavy atom. The van der Waals surface area contributed by atoms with Crippen molar-refractivity contribution in [2.45, 2.75) is 65.1 Å². The van der Waals surface area contributed by atoms with Crippen LogP contribution in [0.1, 0.15) is 51.8 Å². The maximum absolute atomic E-state index is 11.2. The van der Waals surface area contributed by atoms with Gasteiger partial charge in [0.1, 0.15) is 0 Å². The largest absolute Gasteiger partial charge is 0.481 e. The van der Waals surface area contributed by atoms with Crippen LogP contribution in [0.25, 0.3) is 0 Å². The quantitative estimate of drug-likeness (QED) is 0.872. The first-order valence-electron chi connectivity index (χ1n) is 7.81. The van der Waals surface area contributed by atoms with Gasteiger partial charge in [-0.15, -0.1) is 0 Å². The molecule has 2 aliphatic carbocycles. The van der Waals surface area contributed by atoms with Gasteiger partial charge in [-0.2, -0.15) is 5.10 Å². The van der Waals surface area contributed by atoms with Gasteiger partial charge in [0.15, 0.2) is 0 Å². The van der Waals surface area contributed by atoms with E-state index in [1.165, 1.54) is 5.56 Å². The number of carboxylic acid groups (broad SMARTS) is 1. The van der Waals surface area contributed by atoms with Gasteiger partial charge in [-0.25, -0.2) is 0 Å². The van der Waals surface area contributed by atoms with Gasteiger partial charge < -0.3 is 10.4 Å². The fraction of sp³-hybridized carbons (Fsp3) is 0.750. The van der Waals surface area contributed by atoms with Crippen LogP contribution >= 0.6 is 0 Å². The number of fused-ring (bicyclic) bond motifs is 1. The highest BCUT2D eigenvalue weighted by Gasteiger charge is 2.71. The molecule has 1 aromatic heterocycles. The van der Waals surface area contributed by atoms with Crippen molar-refractivity contribution in [3.63, 3.8) is 0 Å². The third-order valence-electron chi connectivity index (χ3n) is 5.06. The van der Waals surface area contributed by atoms with E-state index in [1.807, 2.05) is 4.68 Å². The first kappa shape index (κ1) is 14.6.